The quantitative estimate of drug-likeness (QED) is 0.120. The second-order valence-corrected chi connectivity index (χ2v) is 12.2. The van der Waals surface area contributed by atoms with Crippen LogP contribution in [0.5, 0.6) is 0 Å². The third-order valence-electron chi connectivity index (χ3n) is 7.60. The molecule has 8 nitrogen and oxygen atoms in total. The normalized spacial score (nSPS) is 14.4. The average molecular weight is 667 g/mol. The Morgan fingerprint density at radius 2 is 1.66 bits per heavy atom. The third kappa shape index (κ3) is 6.77. The van der Waals surface area contributed by atoms with E-state index in [2.05, 4.69) is 0 Å². The molecule has 1 atom stereocenters. The maximum Gasteiger partial charge on any atom is 0.338 e. The highest BCUT2D eigenvalue weighted by Crippen LogP contribution is 2.35. The van der Waals surface area contributed by atoms with E-state index in [-0.39, 0.29) is 23.7 Å². The molecule has 0 radical (unpaired) electrons. The lowest BCUT2D eigenvalue weighted by atomic mass is 9.93. The first-order valence-corrected chi connectivity index (χ1v) is 16.5. The minimum Gasteiger partial charge on any atom is -0.463 e. The Labute approximate surface area is 279 Å². The van der Waals surface area contributed by atoms with Crippen LogP contribution < -0.4 is 14.9 Å². The fraction of sp³-hybridized carbons (Fsp3) is 0.189. The number of benzene rings is 3. The van der Waals surface area contributed by atoms with Gasteiger partial charge in [-0.15, -0.1) is 0 Å². The lowest BCUT2D eigenvalue weighted by molar-refractivity contribution is -0.138. The van der Waals surface area contributed by atoms with Crippen LogP contribution in [0.15, 0.2) is 111 Å². The zero-order valence-electron chi connectivity index (χ0n) is 25.8. The Morgan fingerprint density at radius 1 is 0.915 bits per heavy atom. The van der Waals surface area contributed by atoms with Crippen molar-refractivity contribution < 1.29 is 23.5 Å². The number of fused-ring (bicyclic) bond motifs is 1. The number of carbonyl (C=O) groups excluding carboxylic acids is 2. The Balaban J connectivity index is 1.41. The smallest absolute Gasteiger partial charge is 0.338 e. The number of hydrogen-bond donors (Lipinski definition) is 0. The molecule has 1 aliphatic heterocycles. The Kier molecular flexibility index (Phi) is 9.65. The van der Waals surface area contributed by atoms with Crippen LogP contribution in [-0.2, 0) is 14.3 Å². The fourth-order valence-corrected chi connectivity index (χ4v) is 6.39. The molecule has 0 amide bonds. The third-order valence-corrected chi connectivity index (χ3v) is 8.83. The number of rotatable bonds is 10. The number of halogens is 1. The molecule has 0 unspecified atom stereocenters. The van der Waals surface area contributed by atoms with Gasteiger partial charge in [0.15, 0.2) is 4.80 Å². The Bertz CT molecular complexity index is 2130. The average Bonchev–Trinajstić information content (AvgIpc) is 3.69. The summed E-state index contributed by atoms with van der Waals surface area (Å²) < 4.78 is 18.8. The van der Waals surface area contributed by atoms with E-state index < -0.39 is 12.0 Å². The van der Waals surface area contributed by atoms with Gasteiger partial charge in [-0.05, 0) is 55.3 Å². The van der Waals surface area contributed by atoms with Gasteiger partial charge in [0.2, 0.25) is 0 Å². The molecule has 10 heteroatoms. The van der Waals surface area contributed by atoms with Gasteiger partial charge in [-0.2, -0.15) is 0 Å². The molecule has 0 aliphatic carbocycles. The standard InChI is InChI=1S/C37H31ClN2O6S/c1-3-5-21-45-35(42)26-13-11-23(12-14-26)29-20-19-28(46-29)22-30-34(41)40-33(25-15-17-27(38)18-16-25)31(36(43)44-4-2)32(39-37(40)47-30)24-9-7-6-8-10-24/h6-20,22,33H,3-5,21H2,1-2H3/b30-22-/t33-/m0/s1. The summed E-state index contributed by atoms with van der Waals surface area (Å²) in [5.41, 5.74) is 3.02. The van der Waals surface area contributed by atoms with E-state index in [4.69, 9.17) is 30.5 Å². The number of furan rings is 1. The maximum absolute atomic E-state index is 14.1. The van der Waals surface area contributed by atoms with Crippen LogP contribution in [0.1, 0.15) is 60.0 Å². The summed E-state index contributed by atoms with van der Waals surface area (Å²) >= 11 is 7.42. The van der Waals surface area contributed by atoms with Gasteiger partial charge >= 0.3 is 11.9 Å². The molecule has 6 rings (SSSR count). The van der Waals surface area contributed by atoms with E-state index in [0.29, 0.717) is 49.3 Å². The fourth-order valence-electron chi connectivity index (χ4n) is 5.28. The van der Waals surface area contributed by atoms with E-state index in [1.807, 2.05) is 37.3 Å². The topological polar surface area (TPSA) is 100 Å². The van der Waals surface area contributed by atoms with E-state index in [1.54, 1.807) is 73.7 Å². The number of unbranched alkanes of at least 4 members (excludes halogenated alkanes) is 1. The molecular formula is C37H31ClN2O6S. The molecular weight excluding hydrogens is 636 g/mol. The number of hydrogen-bond acceptors (Lipinski definition) is 8. The summed E-state index contributed by atoms with van der Waals surface area (Å²) in [7, 11) is 0. The van der Waals surface area contributed by atoms with Gasteiger partial charge in [0.05, 0.1) is 40.6 Å². The summed E-state index contributed by atoms with van der Waals surface area (Å²) in [6.45, 7) is 4.33. The van der Waals surface area contributed by atoms with Crippen molar-refractivity contribution in [3.63, 3.8) is 0 Å². The predicted octanol–water partition coefficient (Wildman–Crippen LogP) is 6.81. The van der Waals surface area contributed by atoms with E-state index in [9.17, 15) is 14.4 Å². The molecule has 5 aromatic rings. The van der Waals surface area contributed by atoms with Crippen molar-refractivity contribution in [2.75, 3.05) is 13.2 Å². The van der Waals surface area contributed by atoms with E-state index in [0.717, 1.165) is 24.0 Å². The van der Waals surface area contributed by atoms with Crippen molar-refractivity contribution >= 4 is 46.6 Å². The van der Waals surface area contributed by atoms with Crippen molar-refractivity contribution in [3.05, 3.63) is 144 Å². The van der Waals surface area contributed by atoms with Crippen LogP contribution in [0, 0.1) is 0 Å². The van der Waals surface area contributed by atoms with Gasteiger partial charge in [0.25, 0.3) is 5.56 Å². The van der Waals surface area contributed by atoms with Crippen molar-refractivity contribution in [2.24, 2.45) is 4.99 Å². The Morgan fingerprint density at radius 3 is 2.36 bits per heavy atom. The van der Waals surface area contributed by atoms with Gasteiger partial charge in [-0.1, -0.05) is 90.9 Å². The molecule has 3 heterocycles. The zero-order valence-corrected chi connectivity index (χ0v) is 27.3. The van der Waals surface area contributed by atoms with Gasteiger partial charge in [0, 0.05) is 22.2 Å². The largest absolute Gasteiger partial charge is 0.463 e. The predicted molar refractivity (Wildman–Crippen MR) is 182 cm³/mol. The summed E-state index contributed by atoms with van der Waals surface area (Å²) in [6.07, 6.45) is 3.43. The first-order chi connectivity index (χ1) is 22.9. The summed E-state index contributed by atoms with van der Waals surface area (Å²) in [5, 5.41) is 0.529. The molecule has 238 valence electrons. The summed E-state index contributed by atoms with van der Waals surface area (Å²) in [4.78, 5) is 45.3. The minimum atomic E-state index is -0.806. The molecule has 0 N–H and O–H groups in total. The van der Waals surface area contributed by atoms with Crippen molar-refractivity contribution in [2.45, 2.75) is 32.7 Å². The number of ether oxygens (including phenoxy) is 2. The molecule has 0 saturated heterocycles. The summed E-state index contributed by atoms with van der Waals surface area (Å²) in [6, 6.07) is 26.2. The van der Waals surface area contributed by atoms with Gasteiger partial charge in [-0.3, -0.25) is 9.36 Å². The highest BCUT2D eigenvalue weighted by Gasteiger charge is 2.35. The zero-order chi connectivity index (χ0) is 32.9. The molecule has 3 aromatic carbocycles. The van der Waals surface area contributed by atoms with E-state index >= 15 is 0 Å². The monoisotopic (exact) mass is 666 g/mol. The maximum atomic E-state index is 14.1. The molecule has 0 spiro atoms. The van der Waals surface area contributed by atoms with Crippen molar-refractivity contribution in [1.82, 2.24) is 4.57 Å². The number of esters is 2. The number of carbonyl (C=O) groups is 2. The highest BCUT2D eigenvalue weighted by atomic mass is 35.5. The van der Waals surface area contributed by atoms with Gasteiger partial charge in [0.1, 0.15) is 11.5 Å². The van der Waals surface area contributed by atoms with Crippen LogP contribution in [-0.4, -0.2) is 29.7 Å². The second-order valence-electron chi connectivity index (χ2n) is 10.8. The first kappa shape index (κ1) is 32.0. The van der Waals surface area contributed by atoms with E-state index in [1.165, 1.54) is 15.9 Å². The molecule has 0 saturated carbocycles. The molecule has 2 aromatic heterocycles. The molecule has 0 bridgehead atoms. The highest BCUT2D eigenvalue weighted by molar-refractivity contribution is 7.07. The van der Waals surface area contributed by atoms with Crippen LogP contribution in [0.3, 0.4) is 0 Å². The summed E-state index contributed by atoms with van der Waals surface area (Å²) in [5.74, 6) is 0.119. The van der Waals surface area contributed by atoms with Gasteiger partial charge in [-0.25, -0.2) is 14.6 Å². The van der Waals surface area contributed by atoms with Gasteiger partial charge < -0.3 is 13.9 Å². The van der Waals surface area contributed by atoms with Crippen molar-refractivity contribution in [1.29, 1.82) is 0 Å². The van der Waals surface area contributed by atoms with Crippen LogP contribution in [0.2, 0.25) is 5.02 Å². The Hall–Kier alpha value is -4.99. The van der Waals surface area contributed by atoms with Crippen LogP contribution in [0.4, 0.5) is 0 Å². The lowest BCUT2D eigenvalue weighted by Crippen LogP contribution is -2.39. The first-order valence-electron chi connectivity index (χ1n) is 15.3. The van der Waals surface area contributed by atoms with Crippen LogP contribution in [0.25, 0.3) is 23.1 Å². The minimum absolute atomic E-state index is 0.161. The number of thiazole rings is 1. The number of nitrogens with zero attached hydrogens (tertiary/aromatic N) is 2. The molecule has 47 heavy (non-hydrogen) atoms. The lowest BCUT2D eigenvalue weighted by Gasteiger charge is -2.25. The van der Waals surface area contributed by atoms with Crippen molar-refractivity contribution in [3.8, 4) is 11.3 Å². The molecule has 1 aliphatic rings. The molecule has 0 fully saturated rings. The van der Waals surface area contributed by atoms with Crippen LogP contribution >= 0.6 is 22.9 Å². The SMILES string of the molecule is CCCCOC(=O)c1ccc(-c2ccc(/C=c3\sc4n(c3=O)[C@@H](c3ccc(Cl)cc3)C(C(=O)OCC)=C(c3ccccc3)N=4)o2)cc1. The second kappa shape index (κ2) is 14.2. The number of aromatic nitrogens is 1.